The molecule has 2 atom stereocenters. The van der Waals surface area contributed by atoms with E-state index in [1.165, 1.54) is 0 Å². The Hall–Kier alpha value is -1.81. The second kappa shape index (κ2) is 4.84. The largest absolute Gasteiger partial charge is 0.497 e. The smallest absolute Gasteiger partial charge is 0.316 e. The molecule has 2 aliphatic rings. The van der Waals surface area contributed by atoms with E-state index in [4.69, 9.17) is 9.47 Å². The number of ether oxygens (including phenoxy) is 2. The number of aliphatic hydroxyl groups is 1. The molecule has 23 heavy (non-hydrogen) atoms. The van der Waals surface area contributed by atoms with Crippen molar-refractivity contribution in [2.24, 2.45) is 5.41 Å². The Bertz CT molecular complexity index is 685. The summed E-state index contributed by atoms with van der Waals surface area (Å²) >= 11 is 0. The molecular formula is C19H24O4. The van der Waals surface area contributed by atoms with Gasteiger partial charge in [-0.3, -0.25) is 4.79 Å². The highest BCUT2D eigenvalue weighted by atomic mass is 16.6. The van der Waals surface area contributed by atoms with E-state index in [0.717, 1.165) is 22.4 Å². The van der Waals surface area contributed by atoms with Gasteiger partial charge in [0, 0.05) is 6.42 Å². The first kappa shape index (κ1) is 16.1. The van der Waals surface area contributed by atoms with Crippen LogP contribution in [0.5, 0.6) is 5.75 Å². The molecule has 1 fully saturated rings. The number of fused-ring (bicyclic) bond motifs is 3. The van der Waals surface area contributed by atoms with Crippen LogP contribution in [0.25, 0.3) is 0 Å². The molecule has 0 saturated heterocycles. The average molecular weight is 316 g/mol. The van der Waals surface area contributed by atoms with Crippen molar-refractivity contribution < 1.29 is 19.4 Å². The predicted octanol–water partition coefficient (Wildman–Crippen LogP) is 3.12. The van der Waals surface area contributed by atoms with Crippen LogP contribution in [0, 0.1) is 5.41 Å². The molecule has 1 aromatic rings. The quantitative estimate of drug-likeness (QED) is 0.673. The first-order valence-electron chi connectivity index (χ1n) is 7.91. The molecule has 0 amide bonds. The molecule has 0 heterocycles. The lowest BCUT2D eigenvalue weighted by Gasteiger charge is -2.36. The van der Waals surface area contributed by atoms with Gasteiger partial charge in [-0.05, 0) is 56.9 Å². The Labute approximate surface area is 137 Å². The van der Waals surface area contributed by atoms with Gasteiger partial charge in [-0.25, -0.2) is 0 Å². The van der Waals surface area contributed by atoms with E-state index in [1.807, 2.05) is 39.0 Å². The lowest BCUT2D eigenvalue weighted by atomic mass is 9.75. The summed E-state index contributed by atoms with van der Waals surface area (Å²) in [6.07, 6.45) is 1.30. The lowest BCUT2D eigenvalue weighted by molar-refractivity contribution is -0.181. The highest BCUT2D eigenvalue weighted by Crippen LogP contribution is 2.62. The average Bonchev–Trinajstić information content (AvgIpc) is 2.81. The lowest BCUT2D eigenvalue weighted by Crippen LogP contribution is -2.47. The standard InChI is InChI=1S/C19H24O4/c1-12-9-18(16(20)23-17(2,3)4)11-13-8-14(22-5)6-7-15(13)19(18,21)10-12/h6-8,21H,1,9-11H2,2-5H3/t18-,19-/m1/s1. The Morgan fingerprint density at radius 1 is 1.26 bits per heavy atom. The molecule has 0 unspecified atom stereocenters. The van der Waals surface area contributed by atoms with E-state index in [9.17, 15) is 9.90 Å². The van der Waals surface area contributed by atoms with Gasteiger partial charge in [-0.2, -0.15) is 0 Å². The summed E-state index contributed by atoms with van der Waals surface area (Å²) in [7, 11) is 1.61. The Kier molecular flexibility index (Phi) is 3.38. The molecule has 0 bridgehead atoms. The maximum atomic E-state index is 13.0. The number of methoxy groups -OCH3 is 1. The molecular weight excluding hydrogens is 292 g/mol. The second-order valence-electron chi connectivity index (χ2n) is 7.75. The summed E-state index contributed by atoms with van der Waals surface area (Å²) in [4.78, 5) is 13.0. The normalized spacial score (nSPS) is 29.2. The van der Waals surface area contributed by atoms with Gasteiger partial charge in [-0.1, -0.05) is 18.2 Å². The van der Waals surface area contributed by atoms with Gasteiger partial charge in [0.15, 0.2) is 0 Å². The number of hydrogen-bond donors (Lipinski definition) is 1. The number of esters is 1. The Balaban J connectivity index is 2.09. The first-order chi connectivity index (χ1) is 10.6. The molecule has 0 aliphatic heterocycles. The van der Waals surface area contributed by atoms with Gasteiger partial charge in [0.25, 0.3) is 0 Å². The summed E-state index contributed by atoms with van der Waals surface area (Å²) in [5.74, 6) is 0.381. The number of benzene rings is 1. The van der Waals surface area contributed by atoms with Crippen molar-refractivity contribution in [1.29, 1.82) is 0 Å². The number of rotatable bonds is 2. The fourth-order valence-corrected chi connectivity index (χ4v) is 3.99. The molecule has 1 N–H and O–H groups in total. The molecule has 4 heteroatoms. The third kappa shape index (κ3) is 2.27. The summed E-state index contributed by atoms with van der Waals surface area (Å²) in [6.45, 7) is 9.55. The molecule has 0 radical (unpaired) electrons. The molecule has 1 saturated carbocycles. The Morgan fingerprint density at radius 3 is 2.57 bits per heavy atom. The predicted molar refractivity (Wildman–Crippen MR) is 87.2 cm³/mol. The molecule has 124 valence electrons. The molecule has 0 aromatic heterocycles. The monoisotopic (exact) mass is 316 g/mol. The van der Waals surface area contributed by atoms with Gasteiger partial charge in [0.05, 0.1) is 7.11 Å². The van der Waals surface area contributed by atoms with E-state index in [-0.39, 0.29) is 5.97 Å². The van der Waals surface area contributed by atoms with E-state index in [0.29, 0.717) is 19.3 Å². The number of carbonyl (C=O) groups is 1. The molecule has 2 aliphatic carbocycles. The fourth-order valence-electron chi connectivity index (χ4n) is 3.99. The van der Waals surface area contributed by atoms with Crippen LogP contribution < -0.4 is 4.74 Å². The highest BCUT2D eigenvalue weighted by molar-refractivity contribution is 5.83. The highest BCUT2D eigenvalue weighted by Gasteiger charge is 2.66. The maximum Gasteiger partial charge on any atom is 0.316 e. The van der Waals surface area contributed by atoms with Crippen LogP contribution in [0.3, 0.4) is 0 Å². The van der Waals surface area contributed by atoms with Gasteiger partial charge >= 0.3 is 5.97 Å². The zero-order valence-electron chi connectivity index (χ0n) is 14.2. The van der Waals surface area contributed by atoms with Crippen molar-refractivity contribution >= 4 is 5.97 Å². The summed E-state index contributed by atoms with van der Waals surface area (Å²) < 4.78 is 10.9. The van der Waals surface area contributed by atoms with Crippen LogP contribution in [0.4, 0.5) is 0 Å². The number of hydrogen-bond acceptors (Lipinski definition) is 4. The minimum absolute atomic E-state index is 0.346. The topological polar surface area (TPSA) is 55.8 Å². The van der Waals surface area contributed by atoms with Gasteiger partial charge in [0.2, 0.25) is 0 Å². The van der Waals surface area contributed by atoms with Gasteiger partial charge < -0.3 is 14.6 Å². The Morgan fingerprint density at radius 2 is 1.96 bits per heavy atom. The van der Waals surface area contributed by atoms with Crippen LogP contribution in [-0.4, -0.2) is 23.8 Å². The summed E-state index contributed by atoms with van der Waals surface area (Å²) in [5.41, 5.74) is -0.184. The van der Waals surface area contributed by atoms with Crippen LogP contribution in [0.1, 0.15) is 44.7 Å². The SMILES string of the molecule is C=C1C[C@]2(C(=O)OC(C)(C)C)Cc3cc(OC)ccc3[C@]2(O)C1. The van der Waals surface area contributed by atoms with Gasteiger partial charge in [-0.15, -0.1) is 0 Å². The van der Waals surface area contributed by atoms with Gasteiger partial charge in [0.1, 0.15) is 22.4 Å². The van der Waals surface area contributed by atoms with E-state index >= 15 is 0 Å². The zero-order valence-corrected chi connectivity index (χ0v) is 14.2. The minimum atomic E-state index is -1.24. The van der Waals surface area contributed by atoms with E-state index < -0.39 is 16.6 Å². The van der Waals surface area contributed by atoms with Crippen molar-refractivity contribution in [1.82, 2.24) is 0 Å². The third-order valence-electron chi connectivity index (χ3n) is 4.89. The molecule has 1 aromatic carbocycles. The van der Waals surface area contributed by atoms with Crippen molar-refractivity contribution in [3.63, 3.8) is 0 Å². The zero-order chi connectivity index (χ0) is 17.0. The maximum absolute atomic E-state index is 13.0. The van der Waals surface area contributed by atoms with Crippen LogP contribution in [0.15, 0.2) is 30.4 Å². The molecule has 0 spiro atoms. The minimum Gasteiger partial charge on any atom is -0.497 e. The fraction of sp³-hybridized carbons (Fsp3) is 0.526. The van der Waals surface area contributed by atoms with Crippen LogP contribution in [0.2, 0.25) is 0 Å². The molecule has 4 nitrogen and oxygen atoms in total. The van der Waals surface area contributed by atoms with Crippen molar-refractivity contribution in [3.8, 4) is 5.75 Å². The van der Waals surface area contributed by atoms with Crippen LogP contribution in [-0.2, 0) is 21.6 Å². The van der Waals surface area contributed by atoms with Crippen LogP contribution >= 0.6 is 0 Å². The third-order valence-corrected chi connectivity index (χ3v) is 4.89. The van der Waals surface area contributed by atoms with E-state index in [1.54, 1.807) is 7.11 Å². The second-order valence-corrected chi connectivity index (χ2v) is 7.75. The van der Waals surface area contributed by atoms with Crippen molar-refractivity contribution in [2.45, 2.75) is 51.2 Å². The number of carbonyl (C=O) groups excluding carboxylic acids is 1. The van der Waals surface area contributed by atoms with Crippen molar-refractivity contribution in [3.05, 3.63) is 41.5 Å². The van der Waals surface area contributed by atoms with E-state index in [2.05, 4.69) is 6.58 Å². The van der Waals surface area contributed by atoms with Crippen molar-refractivity contribution in [2.75, 3.05) is 7.11 Å². The molecule has 3 rings (SSSR count). The first-order valence-corrected chi connectivity index (χ1v) is 7.91. The summed E-state index contributed by atoms with van der Waals surface area (Å²) in [5, 5.41) is 11.4. The summed E-state index contributed by atoms with van der Waals surface area (Å²) in [6, 6.07) is 5.59.